The molecular weight excluding hydrogens is 505 g/mol. The van der Waals surface area contributed by atoms with Crippen molar-refractivity contribution in [2.45, 2.75) is 39.0 Å². The molecule has 38 heavy (non-hydrogen) atoms. The zero-order chi connectivity index (χ0) is 27.5. The van der Waals surface area contributed by atoms with Crippen LogP contribution in [0.5, 0.6) is 0 Å². The summed E-state index contributed by atoms with van der Waals surface area (Å²) in [5.74, 6) is -1.16. The number of hydrogen-bond acceptors (Lipinski definition) is 4. The number of imidazole rings is 1. The lowest BCUT2D eigenvalue weighted by atomic mass is 10.0. The molecule has 0 atom stereocenters. The van der Waals surface area contributed by atoms with E-state index in [1.54, 1.807) is 17.7 Å². The zero-order valence-corrected chi connectivity index (χ0v) is 20.5. The summed E-state index contributed by atoms with van der Waals surface area (Å²) in [6.45, 7) is 1.23. The minimum atomic E-state index is -4.64. The predicted molar refractivity (Wildman–Crippen MR) is 132 cm³/mol. The Morgan fingerprint density at radius 3 is 2.37 bits per heavy atom. The number of fused-ring (bicyclic) bond motifs is 1. The number of halogens is 3. The number of aryl methyl sites for hydroxylation is 1. The number of carboxylic acids is 1. The Morgan fingerprint density at radius 2 is 1.74 bits per heavy atom. The number of benzene rings is 2. The van der Waals surface area contributed by atoms with Crippen molar-refractivity contribution in [3.63, 3.8) is 0 Å². The molecule has 1 N–H and O–H groups in total. The van der Waals surface area contributed by atoms with Gasteiger partial charge in [-0.1, -0.05) is 12.1 Å². The third-order valence-electron chi connectivity index (χ3n) is 7.03. The van der Waals surface area contributed by atoms with Gasteiger partial charge in [0.15, 0.2) is 0 Å². The predicted octanol–water partition coefficient (Wildman–Crippen LogP) is 3.14. The van der Waals surface area contributed by atoms with E-state index in [2.05, 4.69) is 0 Å². The molecule has 0 spiro atoms. The van der Waals surface area contributed by atoms with E-state index in [-0.39, 0.29) is 22.5 Å². The first-order chi connectivity index (χ1) is 17.9. The summed E-state index contributed by atoms with van der Waals surface area (Å²) in [6, 6.07) is 8.12. The van der Waals surface area contributed by atoms with Gasteiger partial charge in [0.2, 0.25) is 0 Å². The van der Waals surface area contributed by atoms with Crippen LogP contribution in [0.25, 0.3) is 16.7 Å². The zero-order valence-electron chi connectivity index (χ0n) is 20.5. The fourth-order valence-corrected chi connectivity index (χ4v) is 4.69. The first kappa shape index (κ1) is 25.3. The molecule has 1 saturated carbocycles. The van der Waals surface area contributed by atoms with Gasteiger partial charge in [-0.25, -0.2) is 14.4 Å². The standard InChI is InChI=1S/C26H23F3N4O5/c1-14-16(4-3-5-19(14)26(27,28)29)12-33-22(34)18(23(35)36)13-31(25(33)38)17-8-9-20-21(10-17)30(2)24(37)32(20)11-15-6-7-15/h3-5,8-10,13,15H,6-7,11-12H2,1-2H3,(H,35,36). The van der Waals surface area contributed by atoms with Gasteiger partial charge in [-0.15, -0.1) is 0 Å². The lowest BCUT2D eigenvalue weighted by molar-refractivity contribution is -0.138. The van der Waals surface area contributed by atoms with Crippen LogP contribution in [0.15, 0.2) is 57.0 Å². The molecule has 2 aromatic carbocycles. The Labute approximate surface area is 212 Å². The number of nitrogens with zero attached hydrogens (tertiary/aromatic N) is 4. The number of carboxylic acid groups (broad SMARTS) is 1. The summed E-state index contributed by atoms with van der Waals surface area (Å²) in [6.07, 6.45) is -1.67. The van der Waals surface area contributed by atoms with Crippen LogP contribution in [0, 0.1) is 12.8 Å². The second kappa shape index (κ2) is 8.89. The van der Waals surface area contributed by atoms with Crippen LogP contribution in [0.2, 0.25) is 0 Å². The van der Waals surface area contributed by atoms with Gasteiger partial charge in [0.25, 0.3) is 5.56 Å². The van der Waals surface area contributed by atoms with Crippen LogP contribution in [0.3, 0.4) is 0 Å². The topological polar surface area (TPSA) is 108 Å². The highest BCUT2D eigenvalue weighted by Crippen LogP contribution is 2.33. The highest BCUT2D eigenvalue weighted by molar-refractivity contribution is 5.87. The highest BCUT2D eigenvalue weighted by atomic mass is 19.4. The largest absolute Gasteiger partial charge is 0.477 e. The van der Waals surface area contributed by atoms with E-state index < -0.39 is 41.1 Å². The molecule has 1 aliphatic rings. The summed E-state index contributed by atoms with van der Waals surface area (Å²) in [5.41, 5.74) is -2.73. The van der Waals surface area contributed by atoms with E-state index in [0.29, 0.717) is 28.1 Å². The Bertz CT molecular complexity index is 1790. The van der Waals surface area contributed by atoms with Crippen LogP contribution < -0.4 is 16.9 Å². The molecule has 0 saturated heterocycles. The molecule has 0 aliphatic heterocycles. The monoisotopic (exact) mass is 528 g/mol. The highest BCUT2D eigenvalue weighted by Gasteiger charge is 2.33. The van der Waals surface area contributed by atoms with Crippen molar-refractivity contribution in [2.75, 3.05) is 0 Å². The maximum Gasteiger partial charge on any atom is 0.416 e. The average Bonchev–Trinajstić information content (AvgIpc) is 3.64. The first-order valence-corrected chi connectivity index (χ1v) is 11.8. The third-order valence-corrected chi connectivity index (χ3v) is 7.03. The molecule has 1 fully saturated rings. The molecule has 4 aromatic rings. The molecule has 1 aliphatic carbocycles. The van der Waals surface area contributed by atoms with Crippen molar-refractivity contribution in [1.82, 2.24) is 18.3 Å². The van der Waals surface area contributed by atoms with Crippen LogP contribution >= 0.6 is 0 Å². The Hall–Kier alpha value is -4.35. The fraction of sp³-hybridized carbons (Fsp3) is 0.308. The van der Waals surface area contributed by atoms with E-state index in [0.717, 1.165) is 35.7 Å². The van der Waals surface area contributed by atoms with Gasteiger partial charge in [-0.05, 0) is 61.1 Å². The van der Waals surface area contributed by atoms with Crippen molar-refractivity contribution in [1.29, 1.82) is 0 Å². The Morgan fingerprint density at radius 1 is 1.03 bits per heavy atom. The van der Waals surface area contributed by atoms with Crippen molar-refractivity contribution in [2.24, 2.45) is 13.0 Å². The van der Waals surface area contributed by atoms with Gasteiger partial charge in [0.1, 0.15) is 5.56 Å². The van der Waals surface area contributed by atoms with Gasteiger partial charge >= 0.3 is 23.5 Å². The maximum absolute atomic E-state index is 13.4. The van der Waals surface area contributed by atoms with Crippen molar-refractivity contribution >= 4 is 17.0 Å². The van der Waals surface area contributed by atoms with Crippen molar-refractivity contribution in [3.05, 3.63) is 96.2 Å². The first-order valence-electron chi connectivity index (χ1n) is 11.8. The molecule has 198 valence electrons. The van der Waals surface area contributed by atoms with Crippen LogP contribution in [-0.4, -0.2) is 29.3 Å². The molecule has 0 radical (unpaired) electrons. The summed E-state index contributed by atoms with van der Waals surface area (Å²) < 4.78 is 44.9. The second-order valence-electron chi connectivity index (χ2n) is 9.55. The van der Waals surface area contributed by atoms with Crippen molar-refractivity contribution in [3.8, 4) is 5.69 Å². The number of rotatable bonds is 6. The normalized spacial score (nSPS) is 13.8. The smallest absolute Gasteiger partial charge is 0.416 e. The minimum absolute atomic E-state index is 0.0446. The van der Waals surface area contributed by atoms with Crippen molar-refractivity contribution < 1.29 is 23.1 Å². The van der Waals surface area contributed by atoms with E-state index in [1.807, 2.05) is 0 Å². The number of carbonyl (C=O) groups is 1. The third kappa shape index (κ3) is 4.25. The quantitative estimate of drug-likeness (QED) is 0.414. The SMILES string of the molecule is Cc1c(Cn2c(=O)c(C(=O)O)cn(-c3ccc4c(c3)n(C)c(=O)n4CC3CC3)c2=O)cccc1C(F)(F)F. The molecule has 12 heteroatoms. The maximum atomic E-state index is 13.4. The van der Waals surface area contributed by atoms with E-state index in [9.17, 15) is 37.5 Å². The molecule has 9 nitrogen and oxygen atoms in total. The molecule has 2 heterocycles. The Balaban J connectivity index is 1.68. The lowest BCUT2D eigenvalue weighted by Crippen LogP contribution is -2.42. The summed E-state index contributed by atoms with van der Waals surface area (Å²) >= 11 is 0. The fourth-order valence-electron chi connectivity index (χ4n) is 4.69. The van der Waals surface area contributed by atoms with Gasteiger partial charge in [-0.2, -0.15) is 13.2 Å². The number of aromatic nitrogens is 4. The van der Waals surface area contributed by atoms with Crippen LogP contribution in [-0.2, 0) is 26.3 Å². The van der Waals surface area contributed by atoms with E-state index in [1.165, 1.54) is 29.7 Å². The van der Waals surface area contributed by atoms with Gasteiger partial charge in [0, 0.05) is 19.8 Å². The summed E-state index contributed by atoms with van der Waals surface area (Å²) in [5, 5.41) is 9.64. The van der Waals surface area contributed by atoms with E-state index >= 15 is 0 Å². The summed E-state index contributed by atoms with van der Waals surface area (Å²) in [4.78, 5) is 51.0. The van der Waals surface area contributed by atoms with Crippen LogP contribution in [0.4, 0.5) is 13.2 Å². The molecular formula is C26H23F3N4O5. The average molecular weight is 528 g/mol. The summed E-state index contributed by atoms with van der Waals surface area (Å²) in [7, 11) is 1.58. The van der Waals surface area contributed by atoms with Crippen LogP contribution in [0.1, 0.15) is 39.9 Å². The Kier molecular flexibility index (Phi) is 5.92. The number of alkyl halides is 3. The number of hydrogen-bond donors (Lipinski definition) is 1. The molecule has 5 rings (SSSR count). The number of aromatic carboxylic acids is 1. The van der Waals surface area contributed by atoms with Gasteiger partial charge in [0.05, 0.1) is 28.8 Å². The second-order valence-corrected chi connectivity index (χ2v) is 9.55. The minimum Gasteiger partial charge on any atom is -0.477 e. The molecule has 0 amide bonds. The molecule has 0 unspecified atom stereocenters. The van der Waals surface area contributed by atoms with Gasteiger partial charge in [-0.3, -0.25) is 23.1 Å². The molecule has 2 aromatic heterocycles. The lowest BCUT2D eigenvalue weighted by Gasteiger charge is -2.16. The molecule has 0 bridgehead atoms. The van der Waals surface area contributed by atoms with E-state index in [4.69, 9.17) is 0 Å². The van der Waals surface area contributed by atoms with Gasteiger partial charge < -0.3 is 5.11 Å².